The van der Waals surface area contributed by atoms with Crippen molar-refractivity contribution in [1.29, 1.82) is 0 Å². The standard InChI is InChI=1S/C12H17N3/c1-2-9(1)10-3-4-12(14-7-10)15-11-5-6-13-8-11/h3-4,7,9,11,13H,1-2,5-6,8H2,(H,14,15)/t11-/m1/s1. The molecule has 1 aliphatic heterocycles. The summed E-state index contributed by atoms with van der Waals surface area (Å²) in [5.41, 5.74) is 1.41. The molecule has 1 saturated heterocycles. The van der Waals surface area contributed by atoms with Crippen LogP contribution in [0.15, 0.2) is 18.3 Å². The van der Waals surface area contributed by atoms with E-state index in [0.717, 1.165) is 24.8 Å². The van der Waals surface area contributed by atoms with Gasteiger partial charge in [0.1, 0.15) is 5.82 Å². The SMILES string of the molecule is c1cc(N[C@@H]2CCNC2)ncc1C1CC1. The minimum Gasteiger partial charge on any atom is -0.366 e. The van der Waals surface area contributed by atoms with E-state index in [9.17, 15) is 0 Å². The van der Waals surface area contributed by atoms with Crippen LogP contribution in [0.25, 0.3) is 0 Å². The molecule has 3 heteroatoms. The molecule has 0 amide bonds. The van der Waals surface area contributed by atoms with E-state index in [2.05, 4.69) is 27.8 Å². The van der Waals surface area contributed by atoms with Gasteiger partial charge >= 0.3 is 0 Å². The van der Waals surface area contributed by atoms with Crippen LogP contribution in [0.3, 0.4) is 0 Å². The molecule has 80 valence electrons. The van der Waals surface area contributed by atoms with E-state index in [1.165, 1.54) is 24.8 Å². The lowest BCUT2D eigenvalue weighted by Crippen LogP contribution is -2.22. The van der Waals surface area contributed by atoms with Gasteiger partial charge in [-0.3, -0.25) is 0 Å². The van der Waals surface area contributed by atoms with E-state index in [1.54, 1.807) is 0 Å². The van der Waals surface area contributed by atoms with Gasteiger partial charge in [-0.05, 0) is 43.4 Å². The molecule has 3 rings (SSSR count). The van der Waals surface area contributed by atoms with Crippen LogP contribution in [0.4, 0.5) is 5.82 Å². The summed E-state index contributed by atoms with van der Waals surface area (Å²) >= 11 is 0. The number of hydrogen-bond acceptors (Lipinski definition) is 3. The van der Waals surface area contributed by atoms with Crippen LogP contribution in [-0.4, -0.2) is 24.1 Å². The molecule has 2 aliphatic rings. The van der Waals surface area contributed by atoms with E-state index in [4.69, 9.17) is 0 Å². The van der Waals surface area contributed by atoms with Crippen molar-refractivity contribution < 1.29 is 0 Å². The van der Waals surface area contributed by atoms with Crippen molar-refractivity contribution in [2.75, 3.05) is 18.4 Å². The molecule has 1 aromatic rings. The van der Waals surface area contributed by atoms with Crippen LogP contribution in [0.1, 0.15) is 30.7 Å². The fraction of sp³-hybridized carbons (Fsp3) is 0.583. The van der Waals surface area contributed by atoms with Crippen molar-refractivity contribution in [3.05, 3.63) is 23.9 Å². The number of rotatable bonds is 3. The van der Waals surface area contributed by atoms with Gasteiger partial charge in [-0.25, -0.2) is 4.98 Å². The van der Waals surface area contributed by atoms with Crippen LogP contribution in [0.2, 0.25) is 0 Å². The summed E-state index contributed by atoms with van der Waals surface area (Å²) in [5.74, 6) is 1.83. The Kier molecular flexibility index (Phi) is 2.33. The molecule has 1 atom stereocenters. The lowest BCUT2D eigenvalue weighted by molar-refractivity contribution is 0.787. The predicted octanol–water partition coefficient (Wildman–Crippen LogP) is 1.73. The number of anilines is 1. The van der Waals surface area contributed by atoms with Crippen LogP contribution < -0.4 is 10.6 Å². The summed E-state index contributed by atoms with van der Waals surface area (Å²) < 4.78 is 0. The molecule has 2 heterocycles. The van der Waals surface area contributed by atoms with Crippen LogP contribution in [0.5, 0.6) is 0 Å². The average Bonchev–Trinajstić information content (AvgIpc) is 2.99. The zero-order valence-corrected chi connectivity index (χ0v) is 8.87. The molecule has 1 saturated carbocycles. The molecular formula is C12H17N3. The molecule has 0 unspecified atom stereocenters. The number of nitrogens with zero attached hydrogens (tertiary/aromatic N) is 1. The van der Waals surface area contributed by atoms with Gasteiger partial charge in [0.25, 0.3) is 0 Å². The first-order valence-corrected chi connectivity index (χ1v) is 5.85. The Morgan fingerprint density at radius 2 is 2.20 bits per heavy atom. The molecule has 0 radical (unpaired) electrons. The second kappa shape index (κ2) is 3.81. The Labute approximate surface area is 90.3 Å². The van der Waals surface area contributed by atoms with Crippen molar-refractivity contribution in [2.24, 2.45) is 0 Å². The van der Waals surface area contributed by atoms with E-state index in [1.807, 2.05) is 6.20 Å². The lowest BCUT2D eigenvalue weighted by Gasteiger charge is -2.11. The zero-order valence-electron chi connectivity index (χ0n) is 8.87. The maximum atomic E-state index is 4.46. The molecule has 15 heavy (non-hydrogen) atoms. The third kappa shape index (κ3) is 2.12. The van der Waals surface area contributed by atoms with Gasteiger partial charge < -0.3 is 10.6 Å². The summed E-state index contributed by atoms with van der Waals surface area (Å²) in [7, 11) is 0. The maximum absolute atomic E-state index is 4.46. The average molecular weight is 203 g/mol. The Morgan fingerprint density at radius 1 is 1.27 bits per heavy atom. The monoisotopic (exact) mass is 203 g/mol. The Morgan fingerprint density at radius 3 is 2.80 bits per heavy atom. The summed E-state index contributed by atoms with van der Waals surface area (Å²) in [6.07, 6.45) is 5.93. The van der Waals surface area contributed by atoms with Crippen molar-refractivity contribution in [3.8, 4) is 0 Å². The van der Waals surface area contributed by atoms with E-state index >= 15 is 0 Å². The molecular weight excluding hydrogens is 186 g/mol. The summed E-state index contributed by atoms with van der Waals surface area (Å²) in [6, 6.07) is 4.89. The predicted molar refractivity (Wildman–Crippen MR) is 61.1 cm³/mol. The summed E-state index contributed by atoms with van der Waals surface area (Å²) in [4.78, 5) is 4.46. The molecule has 2 fully saturated rings. The molecule has 0 bridgehead atoms. The smallest absolute Gasteiger partial charge is 0.126 e. The van der Waals surface area contributed by atoms with Gasteiger partial charge in [0, 0.05) is 18.8 Å². The topological polar surface area (TPSA) is 37.0 Å². The largest absolute Gasteiger partial charge is 0.366 e. The quantitative estimate of drug-likeness (QED) is 0.785. The maximum Gasteiger partial charge on any atom is 0.126 e. The Balaban J connectivity index is 1.64. The first kappa shape index (κ1) is 9.16. The highest BCUT2D eigenvalue weighted by Gasteiger charge is 2.23. The van der Waals surface area contributed by atoms with Gasteiger partial charge in [-0.2, -0.15) is 0 Å². The fourth-order valence-electron chi connectivity index (χ4n) is 2.14. The van der Waals surface area contributed by atoms with Gasteiger partial charge in [0.05, 0.1) is 0 Å². The summed E-state index contributed by atoms with van der Waals surface area (Å²) in [5, 5.41) is 6.80. The first-order valence-electron chi connectivity index (χ1n) is 5.85. The van der Waals surface area contributed by atoms with E-state index in [-0.39, 0.29) is 0 Å². The molecule has 3 nitrogen and oxygen atoms in total. The fourth-order valence-corrected chi connectivity index (χ4v) is 2.14. The normalized spacial score (nSPS) is 25.5. The van der Waals surface area contributed by atoms with Gasteiger partial charge in [-0.15, -0.1) is 0 Å². The highest BCUT2D eigenvalue weighted by molar-refractivity contribution is 5.38. The molecule has 0 aromatic carbocycles. The Hall–Kier alpha value is -1.09. The second-order valence-corrected chi connectivity index (χ2v) is 4.59. The van der Waals surface area contributed by atoms with Gasteiger partial charge in [-0.1, -0.05) is 6.07 Å². The highest BCUT2D eigenvalue weighted by Crippen LogP contribution is 2.39. The molecule has 2 N–H and O–H groups in total. The van der Waals surface area contributed by atoms with Gasteiger partial charge in [0.15, 0.2) is 0 Å². The van der Waals surface area contributed by atoms with Crippen LogP contribution in [-0.2, 0) is 0 Å². The van der Waals surface area contributed by atoms with E-state index in [0.29, 0.717) is 6.04 Å². The number of pyridine rings is 1. The van der Waals surface area contributed by atoms with Crippen LogP contribution in [0, 0.1) is 0 Å². The third-order valence-corrected chi connectivity index (χ3v) is 3.25. The highest BCUT2D eigenvalue weighted by atomic mass is 15.1. The second-order valence-electron chi connectivity index (χ2n) is 4.59. The minimum atomic E-state index is 0.560. The molecule has 1 aromatic heterocycles. The summed E-state index contributed by atoms with van der Waals surface area (Å²) in [6.45, 7) is 2.18. The first-order chi connectivity index (χ1) is 7.42. The van der Waals surface area contributed by atoms with Crippen LogP contribution >= 0.6 is 0 Å². The number of nitrogens with one attached hydrogen (secondary N) is 2. The Bertz CT molecular complexity index is 323. The van der Waals surface area contributed by atoms with Crippen molar-refractivity contribution >= 4 is 5.82 Å². The van der Waals surface area contributed by atoms with Crippen molar-refractivity contribution in [2.45, 2.75) is 31.2 Å². The number of aromatic nitrogens is 1. The molecule has 1 aliphatic carbocycles. The van der Waals surface area contributed by atoms with Gasteiger partial charge in [0.2, 0.25) is 0 Å². The van der Waals surface area contributed by atoms with Crippen molar-refractivity contribution in [3.63, 3.8) is 0 Å². The minimum absolute atomic E-state index is 0.560. The number of hydrogen-bond donors (Lipinski definition) is 2. The molecule has 0 spiro atoms. The van der Waals surface area contributed by atoms with Crippen molar-refractivity contribution in [1.82, 2.24) is 10.3 Å². The third-order valence-electron chi connectivity index (χ3n) is 3.25. The zero-order chi connectivity index (χ0) is 10.1. The van der Waals surface area contributed by atoms with E-state index < -0.39 is 0 Å². The lowest BCUT2D eigenvalue weighted by atomic mass is 10.2.